The van der Waals surface area contributed by atoms with Gasteiger partial charge in [0.15, 0.2) is 5.82 Å². The van der Waals surface area contributed by atoms with Gasteiger partial charge in [-0.25, -0.2) is 0 Å². The predicted molar refractivity (Wildman–Crippen MR) is 84.3 cm³/mol. The first kappa shape index (κ1) is 14.1. The van der Waals surface area contributed by atoms with Crippen molar-refractivity contribution in [3.05, 3.63) is 30.1 Å². The molecule has 0 unspecified atom stereocenters. The number of nitrogens with zero attached hydrogens (tertiary/aromatic N) is 2. The fraction of sp³-hybridized carbons (Fsp3) is 0.529. The van der Waals surface area contributed by atoms with Gasteiger partial charge in [-0.15, -0.1) is 0 Å². The molecule has 2 aromatic rings. The molecule has 1 aromatic heterocycles. The van der Waals surface area contributed by atoms with Gasteiger partial charge in [0.05, 0.1) is 0 Å². The van der Waals surface area contributed by atoms with E-state index >= 15 is 0 Å². The molecule has 1 fully saturated rings. The van der Waals surface area contributed by atoms with E-state index < -0.39 is 0 Å². The molecular weight excluding hydrogens is 262 g/mol. The van der Waals surface area contributed by atoms with Crippen molar-refractivity contribution >= 4 is 5.69 Å². The Labute approximate surface area is 126 Å². The highest BCUT2D eigenvalue weighted by atomic mass is 16.5. The first-order valence-electron chi connectivity index (χ1n) is 7.98. The second-order valence-electron chi connectivity index (χ2n) is 5.83. The SMILES string of the molecule is CNc1ccc(-c2nc(C3CCCCCCC3)no2)cc1. The van der Waals surface area contributed by atoms with Gasteiger partial charge in [-0.3, -0.25) is 0 Å². The molecule has 0 amide bonds. The molecule has 0 bridgehead atoms. The van der Waals surface area contributed by atoms with E-state index in [1.807, 2.05) is 31.3 Å². The van der Waals surface area contributed by atoms with Crippen LogP contribution >= 0.6 is 0 Å². The van der Waals surface area contributed by atoms with Crippen molar-refractivity contribution in [2.24, 2.45) is 0 Å². The van der Waals surface area contributed by atoms with E-state index in [1.165, 1.54) is 44.9 Å². The average Bonchev–Trinajstić information content (AvgIpc) is 2.97. The van der Waals surface area contributed by atoms with Crippen LogP contribution in [0.3, 0.4) is 0 Å². The van der Waals surface area contributed by atoms with Gasteiger partial charge in [0.25, 0.3) is 5.89 Å². The van der Waals surface area contributed by atoms with Crippen LogP contribution in [0, 0.1) is 0 Å². The lowest BCUT2D eigenvalue weighted by atomic mass is 9.91. The van der Waals surface area contributed by atoms with Crippen molar-refractivity contribution < 1.29 is 4.52 Å². The lowest BCUT2D eigenvalue weighted by Gasteiger charge is -2.15. The van der Waals surface area contributed by atoms with Crippen LogP contribution in [0.25, 0.3) is 11.5 Å². The second-order valence-corrected chi connectivity index (χ2v) is 5.83. The Kier molecular flexibility index (Phi) is 4.53. The van der Waals surface area contributed by atoms with Gasteiger partial charge in [-0.1, -0.05) is 37.3 Å². The lowest BCUT2D eigenvalue weighted by Crippen LogP contribution is -2.04. The van der Waals surface area contributed by atoms with Crippen LogP contribution in [0.5, 0.6) is 0 Å². The Balaban J connectivity index is 1.74. The third kappa shape index (κ3) is 3.43. The van der Waals surface area contributed by atoms with E-state index in [9.17, 15) is 0 Å². The number of hydrogen-bond donors (Lipinski definition) is 1. The van der Waals surface area contributed by atoms with E-state index in [4.69, 9.17) is 4.52 Å². The molecule has 1 aromatic carbocycles. The number of nitrogens with one attached hydrogen (secondary N) is 1. The maximum Gasteiger partial charge on any atom is 0.257 e. The molecule has 0 radical (unpaired) electrons. The molecule has 0 spiro atoms. The van der Waals surface area contributed by atoms with E-state index in [2.05, 4.69) is 15.5 Å². The lowest BCUT2D eigenvalue weighted by molar-refractivity contribution is 0.393. The smallest absolute Gasteiger partial charge is 0.257 e. The monoisotopic (exact) mass is 285 g/mol. The van der Waals surface area contributed by atoms with E-state index in [1.54, 1.807) is 0 Å². The first-order chi connectivity index (χ1) is 10.4. The number of hydrogen-bond acceptors (Lipinski definition) is 4. The summed E-state index contributed by atoms with van der Waals surface area (Å²) in [6.45, 7) is 0. The standard InChI is InChI=1S/C17H23N3O/c1-18-15-11-9-14(10-12-15)17-19-16(20-21-17)13-7-5-3-2-4-6-8-13/h9-13,18H,2-8H2,1H3. The van der Waals surface area contributed by atoms with Crippen molar-refractivity contribution in [3.8, 4) is 11.5 Å². The molecule has 21 heavy (non-hydrogen) atoms. The summed E-state index contributed by atoms with van der Waals surface area (Å²) in [5.41, 5.74) is 2.07. The molecule has 4 heteroatoms. The molecule has 1 N–H and O–H groups in total. The minimum Gasteiger partial charge on any atom is -0.388 e. The summed E-state index contributed by atoms with van der Waals surface area (Å²) in [6.07, 6.45) is 9.01. The first-order valence-corrected chi connectivity index (χ1v) is 7.98. The fourth-order valence-corrected chi connectivity index (χ4v) is 3.01. The van der Waals surface area contributed by atoms with Crippen LogP contribution in [0.1, 0.15) is 56.7 Å². The molecule has 4 nitrogen and oxygen atoms in total. The topological polar surface area (TPSA) is 51.0 Å². The van der Waals surface area contributed by atoms with E-state index in [0.717, 1.165) is 17.1 Å². The molecule has 0 saturated heterocycles. The van der Waals surface area contributed by atoms with E-state index in [0.29, 0.717) is 11.8 Å². The van der Waals surface area contributed by atoms with Crippen LogP contribution < -0.4 is 5.32 Å². The maximum atomic E-state index is 5.47. The fourth-order valence-electron chi connectivity index (χ4n) is 3.01. The van der Waals surface area contributed by atoms with Crippen molar-refractivity contribution in [1.29, 1.82) is 0 Å². The summed E-state index contributed by atoms with van der Waals surface area (Å²) in [7, 11) is 1.91. The number of anilines is 1. The summed E-state index contributed by atoms with van der Waals surface area (Å²) >= 11 is 0. The summed E-state index contributed by atoms with van der Waals surface area (Å²) in [4.78, 5) is 4.63. The zero-order valence-electron chi connectivity index (χ0n) is 12.6. The van der Waals surface area contributed by atoms with Crippen LogP contribution in [0.2, 0.25) is 0 Å². The van der Waals surface area contributed by atoms with Crippen LogP contribution in [0.4, 0.5) is 5.69 Å². The van der Waals surface area contributed by atoms with Crippen molar-refractivity contribution in [1.82, 2.24) is 10.1 Å². The normalized spacial score (nSPS) is 17.2. The highest BCUT2D eigenvalue weighted by Crippen LogP contribution is 2.30. The molecule has 3 rings (SSSR count). The summed E-state index contributed by atoms with van der Waals surface area (Å²) in [5.74, 6) is 2.00. The Bertz CT molecular complexity index is 554. The van der Waals surface area contributed by atoms with Gasteiger partial charge < -0.3 is 9.84 Å². The Hall–Kier alpha value is -1.84. The second kappa shape index (κ2) is 6.74. The van der Waals surface area contributed by atoms with Gasteiger partial charge in [0.2, 0.25) is 0 Å². The van der Waals surface area contributed by atoms with Crippen LogP contribution in [0.15, 0.2) is 28.8 Å². The molecule has 1 heterocycles. The number of rotatable bonds is 3. The summed E-state index contributed by atoms with van der Waals surface area (Å²) in [5, 5.41) is 7.34. The highest BCUT2D eigenvalue weighted by Gasteiger charge is 2.19. The van der Waals surface area contributed by atoms with Crippen molar-refractivity contribution in [2.75, 3.05) is 12.4 Å². The average molecular weight is 285 g/mol. The molecule has 1 aliphatic rings. The highest BCUT2D eigenvalue weighted by molar-refractivity contribution is 5.58. The Morgan fingerprint density at radius 1 is 1.00 bits per heavy atom. The van der Waals surface area contributed by atoms with Crippen molar-refractivity contribution in [2.45, 2.75) is 50.9 Å². The Morgan fingerprint density at radius 2 is 1.67 bits per heavy atom. The molecular formula is C17H23N3O. The Morgan fingerprint density at radius 3 is 2.33 bits per heavy atom. The van der Waals surface area contributed by atoms with Gasteiger partial charge in [0.1, 0.15) is 0 Å². The van der Waals surface area contributed by atoms with Crippen LogP contribution in [-0.2, 0) is 0 Å². The predicted octanol–water partition coefficient (Wildman–Crippen LogP) is 4.61. The maximum absolute atomic E-state index is 5.47. The molecule has 1 aliphatic carbocycles. The molecule has 1 saturated carbocycles. The van der Waals surface area contributed by atoms with Gasteiger partial charge in [-0.2, -0.15) is 4.98 Å². The number of aromatic nitrogens is 2. The van der Waals surface area contributed by atoms with E-state index in [-0.39, 0.29) is 0 Å². The summed E-state index contributed by atoms with van der Waals surface area (Å²) < 4.78 is 5.47. The largest absolute Gasteiger partial charge is 0.388 e. The number of benzene rings is 1. The minimum atomic E-state index is 0.472. The third-order valence-electron chi connectivity index (χ3n) is 4.33. The zero-order valence-corrected chi connectivity index (χ0v) is 12.6. The zero-order chi connectivity index (χ0) is 14.5. The van der Waals surface area contributed by atoms with Crippen molar-refractivity contribution in [3.63, 3.8) is 0 Å². The van der Waals surface area contributed by atoms with Gasteiger partial charge in [0, 0.05) is 24.2 Å². The minimum absolute atomic E-state index is 0.472. The third-order valence-corrected chi connectivity index (χ3v) is 4.33. The van der Waals surface area contributed by atoms with Gasteiger partial charge in [-0.05, 0) is 37.1 Å². The summed E-state index contributed by atoms with van der Waals surface area (Å²) in [6, 6.07) is 8.08. The molecule has 0 aliphatic heterocycles. The van der Waals surface area contributed by atoms with Gasteiger partial charge >= 0.3 is 0 Å². The molecule has 112 valence electrons. The quantitative estimate of drug-likeness (QED) is 0.895. The van der Waals surface area contributed by atoms with Crippen LogP contribution in [-0.4, -0.2) is 17.2 Å². The molecule has 0 atom stereocenters.